The Balaban J connectivity index is 1.74. The number of aryl methyl sites for hydroxylation is 1. The summed E-state index contributed by atoms with van der Waals surface area (Å²) >= 11 is 5.83. The van der Waals surface area contributed by atoms with Crippen LogP contribution in [-0.2, 0) is 14.8 Å². The topological polar surface area (TPSA) is 75.7 Å². The lowest BCUT2D eigenvalue weighted by atomic mass is 9.89. The Morgan fingerprint density at radius 2 is 1.90 bits per heavy atom. The predicted molar refractivity (Wildman–Crippen MR) is 113 cm³/mol. The summed E-state index contributed by atoms with van der Waals surface area (Å²) in [5.74, 6) is 0.368. The van der Waals surface area contributed by atoms with E-state index in [0.29, 0.717) is 11.4 Å². The highest BCUT2D eigenvalue weighted by Gasteiger charge is 2.35. The van der Waals surface area contributed by atoms with Crippen LogP contribution in [0.15, 0.2) is 47.4 Å². The minimum atomic E-state index is -3.79. The molecule has 3 rings (SSSR count). The fraction of sp³-hybridized carbons (Fsp3) is 0.381. The van der Waals surface area contributed by atoms with Crippen LogP contribution < -0.4 is 10.1 Å². The van der Waals surface area contributed by atoms with Crippen molar-refractivity contribution in [1.82, 2.24) is 9.62 Å². The molecule has 0 bridgehead atoms. The third-order valence-electron chi connectivity index (χ3n) is 4.85. The van der Waals surface area contributed by atoms with E-state index in [9.17, 15) is 13.2 Å². The molecule has 2 aromatic carbocycles. The van der Waals surface area contributed by atoms with Crippen molar-refractivity contribution in [3.63, 3.8) is 0 Å². The molecule has 29 heavy (non-hydrogen) atoms. The van der Waals surface area contributed by atoms with Crippen molar-refractivity contribution in [2.75, 3.05) is 13.6 Å². The van der Waals surface area contributed by atoms with E-state index in [1.807, 2.05) is 39.0 Å². The maximum atomic E-state index is 12.7. The SMILES string of the molecule is Cc1ccc2c(c1)OC(C)(C)C[C@@H]2NC(=O)CN(C)S(=O)(=O)c1ccc(Cl)cc1. The van der Waals surface area contributed by atoms with E-state index < -0.39 is 15.6 Å². The Hall–Kier alpha value is -2.09. The van der Waals surface area contributed by atoms with E-state index in [4.69, 9.17) is 16.3 Å². The molecular formula is C21H25ClN2O4S. The van der Waals surface area contributed by atoms with Crippen molar-refractivity contribution in [3.8, 4) is 5.75 Å². The Morgan fingerprint density at radius 1 is 1.24 bits per heavy atom. The zero-order valence-electron chi connectivity index (χ0n) is 16.9. The first kappa shape index (κ1) is 21.6. The molecule has 8 heteroatoms. The highest BCUT2D eigenvalue weighted by molar-refractivity contribution is 7.89. The number of carbonyl (C=O) groups excluding carboxylic acids is 1. The number of halogens is 1. The van der Waals surface area contributed by atoms with Crippen LogP contribution in [0.3, 0.4) is 0 Å². The number of carbonyl (C=O) groups is 1. The van der Waals surface area contributed by atoms with Gasteiger partial charge in [-0.2, -0.15) is 4.31 Å². The molecule has 0 radical (unpaired) electrons. The maximum absolute atomic E-state index is 12.7. The van der Waals surface area contributed by atoms with Gasteiger partial charge in [0.15, 0.2) is 0 Å². The Morgan fingerprint density at radius 3 is 2.55 bits per heavy atom. The fourth-order valence-electron chi connectivity index (χ4n) is 3.40. The van der Waals surface area contributed by atoms with Crippen molar-refractivity contribution in [2.24, 2.45) is 0 Å². The van der Waals surface area contributed by atoms with Crippen LogP contribution in [0.1, 0.15) is 37.4 Å². The van der Waals surface area contributed by atoms with Crippen molar-refractivity contribution in [1.29, 1.82) is 0 Å². The minimum absolute atomic E-state index is 0.0882. The molecule has 6 nitrogen and oxygen atoms in total. The predicted octanol–water partition coefficient (Wildman–Crippen LogP) is 3.69. The van der Waals surface area contributed by atoms with Crippen LogP contribution in [0, 0.1) is 6.92 Å². The molecule has 1 heterocycles. The van der Waals surface area contributed by atoms with Gasteiger partial charge in [0.2, 0.25) is 15.9 Å². The number of ether oxygens (including phenoxy) is 1. The number of sulfonamides is 1. The van der Waals surface area contributed by atoms with Gasteiger partial charge in [0.25, 0.3) is 0 Å². The zero-order valence-corrected chi connectivity index (χ0v) is 18.5. The molecule has 1 atom stereocenters. The average molecular weight is 437 g/mol. The number of hydrogen-bond donors (Lipinski definition) is 1. The van der Waals surface area contributed by atoms with Crippen LogP contribution in [0.4, 0.5) is 0 Å². The van der Waals surface area contributed by atoms with Crippen LogP contribution in [-0.4, -0.2) is 37.8 Å². The second-order valence-corrected chi connectivity index (χ2v) is 10.4. The quantitative estimate of drug-likeness (QED) is 0.775. The highest BCUT2D eigenvalue weighted by Crippen LogP contribution is 2.39. The second-order valence-electron chi connectivity index (χ2n) is 7.94. The van der Waals surface area contributed by atoms with E-state index in [1.54, 1.807) is 0 Å². The second kappa shape index (κ2) is 7.97. The van der Waals surface area contributed by atoms with Crippen LogP contribution in [0.5, 0.6) is 5.75 Å². The normalized spacial score (nSPS) is 18.1. The number of hydrogen-bond acceptors (Lipinski definition) is 4. The van der Waals surface area contributed by atoms with Crippen molar-refractivity contribution in [2.45, 2.75) is 43.7 Å². The standard InChI is InChI=1S/C21H25ClN2O4S/c1-14-5-10-17-18(12-21(2,3)28-19(17)11-14)23-20(25)13-24(4)29(26,27)16-8-6-15(22)7-9-16/h5-11,18H,12-13H2,1-4H3,(H,23,25)/t18-/m0/s1. The third kappa shape index (κ3) is 4.91. The van der Waals surface area contributed by atoms with Gasteiger partial charge >= 0.3 is 0 Å². The summed E-state index contributed by atoms with van der Waals surface area (Å²) < 4.78 is 32.5. The molecule has 156 valence electrons. The summed E-state index contributed by atoms with van der Waals surface area (Å²) in [4.78, 5) is 12.8. The molecule has 1 amide bonds. The molecule has 0 unspecified atom stereocenters. The molecule has 0 aliphatic carbocycles. The first-order chi connectivity index (χ1) is 13.5. The van der Waals surface area contributed by atoms with E-state index >= 15 is 0 Å². The van der Waals surface area contributed by atoms with Crippen LogP contribution >= 0.6 is 11.6 Å². The number of likely N-dealkylation sites (N-methyl/N-ethyl adjacent to an activating group) is 1. The number of nitrogens with one attached hydrogen (secondary N) is 1. The Kier molecular flexibility index (Phi) is 5.94. The van der Waals surface area contributed by atoms with E-state index in [2.05, 4.69) is 5.32 Å². The van der Waals surface area contributed by atoms with Crippen molar-refractivity contribution >= 4 is 27.5 Å². The summed E-state index contributed by atoms with van der Waals surface area (Å²) in [7, 11) is -2.41. The molecular weight excluding hydrogens is 412 g/mol. The summed E-state index contributed by atoms with van der Waals surface area (Å²) in [5.41, 5.74) is 1.52. The highest BCUT2D eigenvalue weighted by atomic mass is 35.5. The number of amides is 1. The number of benzene rings is 2. The molecule has 1 aliphatic heterocycles. The summed E-state index contributed by atoms with van der Waals surface area (Å²) in [6.45, 7) is 5.63. The van der Waals surface area contributed by atoms with Crippen LogP contribution in [0.25, 0.3) is 0 Å². The number of rotatable bonds is 5. The van der Waals surface area contributed by atoms with Gasteiger partial charge in [0.1, 0.15) is 11.4 Å². The lowest BCUT2D eigenvalue weighted by Gasteiger charge is -2.38. The molecule has 0 saturated carbocycles. The average Bonchev–Trinajstić information content (AvgIpc) is 2.60. The van der Waals surface area contributed by atoms with Gasteiger partial charge in [0, 0.05) is 24.1 Å². The summed E-state index contributed by atoms with van der Waals surface area (Å²) in [5, 5.41) is 3.41. The number of nitrogens with zero attached hydrogens (tertiary/aromatic N) is 1. The maximum Gasteiger partial charge on any atom is 0.243 e. The van der Waals surface area contributed by atoms with E-state index in [0.717, 1.165) is 21.2 Å². The molecule has 0 saturated heterocycles. The van der Waals surface area contributed by atoms with E-state index in [-0.39, 0.29) is 23.4 Å². The lowest BCUT2D eigenvalue weighted by Crippen LogP contribution is -2.44. The van der Waals surface area contributed by atoms with Crippen molar-refractivity contribution < 1.29 is 17.9 Å². The fourth-order valence-corrected chi connectivity index (χ4v) is 4.65. The largest absolute Gasteiger partial charge is 0.487 e. The molecule has 2 aromatic rings. The van der Waals surface area contributed by atoms with Gasteiger partial charge in [0.05, 0.1) is 17.5 Å². The first-order valence-electron chi connectivity index (χ1n) is 9.29. The van der Waals surface area contributed by atoms with Crippen molar-refractivity contribution in [3.05, 3.63) is 58.6 Å². The third-order valence-corrected chi connectivity index (χ3v) is 6.92. The molecule has 0 aromatic heterocycles. The lowest BCUT2D eigenvalue weighted by molar-refractivity contribution is -0.122. The minimum Gasteiger partial charge on any atom is -0.487 e. The Bertz CT molecular complexity index is 1020. The monoisotopic (exact) mass is 436 g/mol. The summed E-state index contributed by atoms with van der Waals surface area (Å²) in [6.07, 6.45) is 0.586. The van der Waals surface area contributed by atoms with Gasteiger partial charge in [-0.3, -0.25) is 4.79 Å². The zero-order chi connectivity index (χ0) is 21.4. The van der Waals surface area contributed by atoms with Gasteiger partial charge in [-0.1, -0.05) is 23.7 Å². The van der Waals surface area contributed by atoms with Gasteiger partial charge < -0.3 is 10.1 Å². The molecule has 1 aliphatic rings. The first-order valence-corrected chi connectivity index (χ1v) is 11.1. The molecule has 1 N–H and O–H groups in total. The van der Waals surface area contributed by atoms with Crippen LogP contribution in [0.2, 0.25) is 5.02 Å². The van der Waals surface area contributed by atoms with Gasteiger partial charge in [-0.05, 0) is 56.7 Å². The summed E-state index contributed by atoms with van der Waals surface area (Å²) in [6, 6.07) is 11.5. The van der Waals surface area contributed by atoms with Gasteiger partial charge in [-0.15, -0.1) is 0 Å². The smallest absolute Gasteiger partial charge is 0.243 e. The number of fused-ring (bicyclic) bond motifs is 1. The molecule has 0 fully saturated rings. The van der Waals surface area contributed by atoms with E-state index in [1.165, 1.54) is 31.3 Å². The molecule has 0 spiro atoms. The van der Waals surface area contributed by atoms with Gasteiger partial charge in [-0.25, -0.2) is 8.42 Å². The Labute approximate surface area is 176 Å².